The van der Waals surface area contributed by atoms with E-state index in [4.69, 9.17) is 37.4 Å². The third-order valence-corrected chi connectivity index (χ3v) is 7.19. The van der Waals surface area contributed by atoms with E-state index in [0.29, 0.717) is 70.4 Å². The summed E-state index contributed by atoms with van der Waals surface area (Å²) in [5.74, 6) is 3.44. The van der Waals surface area contributed by atoms with Crippen LogP contribution in [0.15, 0.2) is 30.3 Å². The normalized spacial score (nSPS) is 11.4. The Labute approximate surface area is 241 Å². The van der Waals surface area contributed by atoms with Gasteiger partial charge in [0.1, 0.15) is 17.2 Å². The summed E-state index contributed by atoms with van der Waals surface area (Å²) in [5, 5.41) is 1.40. The van der Waals surface area contributed by atoms with Gasteiger partial charge in [0.25, 0.3) is 0 Å². The summed E-state index contributed by atoms with van der Waals surface area (Å²) in [4.78, 5) is 13.4. The molecule has 0 spiro atoms. The van der Waals surface area contributed by atoms with Crippen molar-refractivity contribution in [3.05, 3.63) is 45.9 Å². The summed E-state index contributed by atoms with van der Waals surface area (Å²) in [6.07, 6.45) is 2.74. The molecule has 0 N–H and O–H groups in total. The van der Waals surface area contributed by atoms with Crippen molar-refractivity contribution >= 4 is 61.5 Å². The van der Waals surface area contributed by atoms with E-state index in [1.807, 2.05) is 12.1 Å². The molecule has 0 aliphatic carbocycles. The Hall–Kier alpha value is -0.883. The first-order chi connectivity index (χ1) is 16.6. The average Bonchev–Trinajstić information content (AvgIpc) is 2.75. The van der Waals surface area contributed by atoms with Crippen LogP contribution in [0.1, 0.15) is 71.2 Å². The smallest absolute Gasteiger partial charge is 0.188 e. The monoisotopic (exact) mass is 547 g/mol. The zero-order valence-electron chi connectivity index (χ0n) is 22.8. The van der Waals surface area contributed by atoms with Crippen molar-refractivity contribution in [2.75, 3.05) is 19.8 Å². The maximum absolute atomic E-state index is 13.4. The Balaban J connectivity index is 0.00000648. The summed E-state index contributed by atoms with van der Waals surface area (Å²) >= 11 is 12.7. The fourth-order valence-electron chi connectivity index (χ4n) is 3.11. The van der Waals surface area contributed by atoms with E-state index in [0.717, 1.165) is 24.6 Å². The first kappa shape index (κ1) is 33.1. The molecule has 2 rings (SSSR count). The van der Waals surface area contributed by atoms with Crippen LogP contribution in [0.25, 0.3) is 0 Å². The number of halogens is 2. The van der Waals surface area contributed by atoms with Gasteiger partial charge in [-0.05, 0) is 57.7 Å². The predicted octanol–water partition coefficient (Wildman–Crippen LogP) is 8.03. The van der Waals surface area contributed by atoms with Gasteiger partial charge in [-0.25, -0.2) is 0 Å². The van der Waals surface area contributed by atoms with Gasteiger partial charge in [-0.3, -0.25) is 4.79 Å². The molecule has 36 heavy (non-hydrogen) atoms. The van der Waals surface area contributed by atoms with Crippen LogP contribution in [0.5, 0.6) is 17.2 Å². The van der Waals surface area contributed by atoms with Crippen molar-refractivity contribution in [3.63, 3.8) is 0 Å². The first-order valence-electron chi connectivity index (χ1n) is 12.4. The molecule has 1 atom stereocenters. The minimum Gasteiger partial charge on any atom is -0.493 e. The number of carbonyl (C=O) groups excluding carboxylic acids is 1. The second-order valence-electron chi connectivity index (χ2n) is 9.94. The summed E-state index contributed by atoms with van der Waals surface area (Å²) in [6, 6.07) is 8.84. The minimum absolute atomic E-state index is 0. The molecule has 195 valence electrons. The maximum Gasteiger partial charge on any atom is 0.188 e. The van der Waals surface area contributed by atoms with Crippen LogP contribution in [0.2, 0.25) is 10.0 Å². The van der Waals surface area contributed by atoms with Crippen molar-refractivity contribution in [1.29, 1.82) is 0 Å². The maximum atomic E-state index is 13.4. The first-order valence-corrected chi connectivity index (χ1v) is 14.2. The molecule has 2 aromatic carbocycles. The molecular formula is C28H39Cl2LiO4P. The predicted molar refractivity (Wildman–Crippen MR) is 156 cm³/mol. The van der Waals surface area contributed by atoms with Crippen LogP contribution >= 0.6 is 31.8 Å². The van der Waals surface area contributed by atoms with Crippen LogP contribution in [-0.2, 0) is 0 Å². The van der Waals surface area contributed by atoms with Gasteiger partial charge in [0, 0.05) is 31.0 Å². The quantitative estimate of drug-likeness (QED) is 0.167. The summed E-state index contributed by atoms with van der Waals surface area (Å²) in [5.41, 5.74) is 0.171. The van der Waals surface area contributed by atoms with Gasteiger partial charge in [-0.15, -0.1) is 0 Å². The van der Waals surface area contributed by atoms with Gasteiger partial charge >= 0.3 is 0 Å². The van der Waals surface area contributed by atoms with Crippen LogP contribution < -0.4 is 19.5 Å². The molecule has 0 amide bonds. The molecule has 0 heterocycles. The zero-order valence-corrected chi connectivity index (χ0v) is 25.3. The fourth-order valence-corrected chi connectivity index (χ4v) is 5.00. The van der Waals surface area contributed by atoms with E-state index in [1.54, 1.807) is 18.2 Å². The Kier molecular flexibility index (Phi) is 15.5. The third-order valence-electron chi connectivity index (χ3n) is 5.34. The molecule has 0 fully saturated rings. The molecule has 0 aliphatic rings. The number of ether oxygens (including phenoxy) is 3. The Morgan fingerprint density at radius 1 is 0.778 bits per heavy atom. The molecule has 0 saturated heterocycles. The van der Waals surface area contributed by atoms with E-state index in [-0.39, 0.29) is 33.0 Å². The second-order valence-corrected chi connectivity index (χ2v) is 12.0. The zero-order chi connectivity index (χ0) is 26.0. The number of rotatable bonds is 15. The fraction of sp³-hybridized carbons (Fsp3) is 0.536. The van der Waals surface area contributed by atoms with Crippen molar-refractivity contribution in [2.24, 2.45) is 17.8 Å². The van der Waals surface area contributed by atoms with Crippen molar-refractivity contribution in [1.82, 2.24) is 0 Å². The third kappa shape index (κ3) is 11.2. The molecule has 0 aliphatic heterocycles. The number of hydrogen-bond donors (Lipinski definition) is 0. The molecule has 1 unspecified atom stereocenters. The van der Waals surface area contributed by atoms with E-state index in [1.165, 1.54) is 0 Å². The second kappa shape index (κ2) is 16.9. The molecule has 0 aromatic heterocycles. The summed E-state index contributed by atoms with van der Waals surface area (Å²) in [6.45, 7) is 14.6. The number of benzene rings is 2. The van der Waals surface area contributed by atoms with Gasteiger partial charge in [0.15, 0.2) is 5.52 Å². The Bertz CT molecular complexity index is 911. The molecule has 2 aromatic rings. The molecule has 0 saturated carbocycles. The van der Waals surface area contributed by atoms with E-state index >= 15 is 0 Å². The molecule has 4 nitrogen and oxygen atoms in total. The number of carbonyl (C=O) groups is 1. The SMILES string of the molecule is CC(C)CCOc1cc(OCCC(C)C)c(PC(=O)c2c(Cl)cccc2Cl)c(OCCC(C)C)c1.[Li]. The van der Waals surface area contributed by atoms with Gasteiger partial charge < -0.3 is 14.2 Å². The molecule has 0 bridgehead atoms. The van der Waals surface area contributed by atoms with Gasteiger partial charge in [-0.2, -0.15) is 0 Å². The summed E-state index contributed by atoms with van der Waals surface area (Å²) < 4.78 is 18.5. The van der Waals surface area contributed by atoms with Crippen molar-refractivity contribution < 1.29 is 19.0 Å². The van der Waals surface area contributed by atoms with Gasteiger partial charge in [0.05, 0.1) is 40.7 Å². The molecule has 8 heteroatoms. The standard InChI is InChI=1S/C28H39Cl2O4P.Li/c1-18(2)10-13-32-21-16-24(33-14-11-19(3)4)27(25(17-21)34-15-12-20(5)6)35-28(31)26-22(29)8-7-9-23(26)30;/h7-9,16-20,35H,10-15H2,1-6H3;. The van der Waals surface area contributed by atoms with Gasteiger partial charge in [0.2, 0.25) is 0 Å². The van der Waals surface area contributed by atoms with Crippen LogP contribution in [0.3, 0.4) is 0 Å². The molecular weight excluding hydrogens is 509 g/mol. The van der Waals surface area contributed by atoms with E-state index in [2.05, 4.69) is 41.5 Å². The van der Waals surface area contributed by atoms with Crippen LogP contribution in [0, 0.1) is 17.8 Å². The minimum atomic E-state index is -0.261. The topological polar surface area (TPSA) is 44.8 Å². The Morgan fingerprint density at radius 3 is 1.61 bits per heavy atom. The average molecular weight is 548 g/mol. The van der Waals surface area contributed by atoms with E-state index < -0.39 is 0 Å². The van der Waals surface area contributed by atoms with Crippen LogP contribution in [0.4, 0.5) is 0 Å². The van der Waals surface area contributed by atoms with Crippen molar-refractivity contribution in [2.45, 2.75) is 60.8 Å². The summed E-state index contributed by atoms with van der Waals surface area (Å²) in [7, 11) is -0.261. The van der Waals surface area contributed by atoms with E-state index in [9.17, 15) is 4.79 Å². The Morgan fingerprint density at radius 2 is 1.19 bits per heavy atom. The number of hydrogen-bond acceptors (Lipinski definition) is 4. The van der Waals surface area contributed by atoms with Gasteiger partial charge in [-0.1, -0.05) is 70.8 Å². The van der Waals surface area contributed by atoms with Crippen LogP contribution in [-0.4, -0.2) is 44.2 Å². The largest absolute Gasteiger partial charge is 0.493 e. The molecule has 1 radical (unpaired) electrons. The van der Waals surface area contributed by atoms with Crippen molar-refractivity contribution in [3.8, 4) is 17.2 Å².